The van der Waals surface area contributed by atoms with Gasteiger partial charge in [0.15, 0.2) is 0 Å². The number of rotatable bonds is 2. The molecule has 0 bridgehead atoms. The number of anilines is 2. The average molecular weight is 258 g/mol. The van der Waals surface area contributed by atoms with E-state index in [0.717, 1.165) is 5.56 Å². The quantitative estimate of drug-likeness (QED) is 0.812. The molecule has 0 aliphatic carbocycles. The highest BCUT2D eigenvalue weighted by molar-refractivity contribution is 6.06. The molecule has 98 valence electrons. The van der Waals surface area contributed by atoms with Crippen LogP contribution in [0.3, 0.4) is 0 Å². The van der Waals surface area contributed by atoms with E-state index in [4.69, 9.17) is 5.73 Å². The van der Waals surface area contributed by atoms with Gasteiger partial charge in [0, 0.05) is 5.56 Å². The summed E-state index contributed by atoms with van der Waals surface area (Å²) in [5.74, 6) is -0.656. The second-order valence-electron chi connectivity index (χ2n) is 4.50. The van der Waals surface area contributed by atoms with Crippen molar-refractivity contribution in [1.82, 2.24) is 0 Å². The molecule has 0 spiro atoms. The summed E-state index contributed by atoms with van der Waals surface area (Å²) in [5, 5.41) is 2.73. The van der Waals surface area contributed by atoms with E-state index in [9.17, 15) is 9.18 Å². The molecule has 3 N–H and O–H groups in total. The third-order valence-electron chi connectivity index (χ3n) is 2.89. The van der Waals surface area contributed by atoms with Crippen molar-refractivity contribution in [2.24, 2.45) is 0 Å². The molecule has 0 aromatic heterocycles. The maximum atomic E-state index is 13.0. The topological polar surface area (TPSA) is 55.1 Å². The number of nitrogen functional groups attached to an aromatic ring is 1. The van der Waals surface area contributed by atoms with Crippen LogP contribution in [-0.2, 0) is 0 Å². The number of hydrogen-bond acceptors (Lipinski definition) is 2. The van der Waals surface area contributed by atoms with E-state index in [0.29, 0.717) is 22.5 Å². The Morgan fingerprint density at radius 3 is 2.53 bits per heavy atom. The van der Waals surface area contributed by atoms with Crippen LogP contribution in [0, 0.1) is 19.7 Å². The standard InChI is InChI=1S/C15H15FN2O/c1-9-3-6-14(13(17)7-9)18-15(19)12-5-4-11(16)8-10(12)2/h3-8H,17H2,1-2H3,(H,18,19). The van der Waals surface area contributed by atoms with Gasteiger partial charge in [-0.15, -0.1) is 0 Å². The van der Waals surface area contributed by atoms with Crippen LogP contribution in [0.25, 0.3) is 0 Å². The minimum Gasteiger partial charge on any atom is -0.397 e. The third-order valence-corrected chi connectivity index (χ3v) is 2.89. The zero-order chi connectivity index (χ0) is 14.0. The fourth-order valence-electron chi connectivity index (χ4n) is 1.87. The van der Waals surface area contributed by atoms with Gasteiger partial charge in [-0.05, 0) is 55.3 Å². The highest BCUT2D eigenvalue weighted by Gasteiger charge is 2.11. The van der Waals surface area contributed by atoms with Crippen LogP contribution in [0.15, 0.2) is 36.4 Å². The first-order valence-corrected chi connectivity index (χ1v) is 5.91. The summed E-state index contributed by atoms with van der Waals surface area (Å²) >= 11 is 0. The number of nitrogens with two attached hydrogens (primary N) is 1. The maximum absolute atomic E-state index is 13.0. The van der Waals surface area contributed by atoms with Gasteiger partial charge in [-0.3, -0.25) is 4.79 Å². The van der Waals surface area contributed by atoms with E-state index in [1.54, 1.807) is 19.1 Å². The summed E-state index contributed by atoms with van der Waals surface area (Å²) in [6.07, 6.45) is 0. The van der Waals surface area contributed by atoms with E-state index < -0.39 is 0 Å². The number of nitrogens with one attached hydrogen (secondary N) is 1. The zero-order valence-electron chi connectivity index (χ0n) is 10.8. The minimum atomic E-state index is -0.358. The molecule has 4 heteroatoms. The summed E-state index contributed by atoms with van der Waals surface area (Å²) in [7, 11) is 0. The van der Waals surface area contributed by atoms with Crippen LogP contribution in [0.1, 0.15) is 21.5 Å². The van der Waals surface area contributed by atoms with Gasteiger partial charge in [0.25, 0.3) is 5.91 Å². The molecule has 2 aromatic carbocycles. The molecule has 0 aliphatic heterocycles. The molecular formula is C15H15FN2O. The Hall–Kier alpha value is -2.36. The molecular weight excluding hydrogens is 243 g/mol. The first-order valence-electron chi connectivity index (χ1n) is 5.91. The van der Waals surface area contributed by atoms with E-state index in [1.165, 1.54) is 18.2 Å². The molecule has 0 unspecified atom stereocenters. The van der Waals surface area contributed by atoms with Crippen molar-refractivity contribution in [3.8, 4) is 0 Å². The van der Waals surface area contributed by atoms with Crippen molar-refractivity contribution in [1.29, 1.82) is 0 Å². The average Bonchev–Trinajstić information content (AvgIpc) is 2.32. The molecule has 0 heterocycles. The van der Waals surface area contributed by atoms with Crippen LogP contribution < -0.4 is 11.1 Å². The Labute approximate surface area is 111 Å². The van der Waals surface area contributed by atoms with Crippen LogP contribution in [0.4, 0.5) is 15.8 Å². The number of hydrogen-bond donors (Lipinski definition) is 2. The predicted molar refractivity (Wildman–Crippen MR) is 74.7 cm³/mol. The summed E-state index contributed by atoms with van der Waals surface area (Å²) in [5.41, 5.74) is 8.94. The second kappa shape index (κ2) is 5.10. The molecule has 0 aliphatic rings. The number of carbonyl (C=O) groups is 1. The van der Waals surface area contributed by atoms with Crippen molar-refractivity contribution >= 4 is 17.3 Å². The summed E-state index contributed by atoms with van der Waals surface area (Å²) in [4.78, 5) is 12.1. The Morgan fingerprint density at radius 1 is 1.16 bits per heavy atom. The molecule has 0 saturated carbocycles. The van der Waals surface area contributed by atoms with Gasteiger partial charge in [0.1, 0.15) is 5.82 Å². The summed E-state index contributed by atoms with van der Waals surface area (Å²) in [6, 6.07) is 9.45. The van der Waals surface area contributed by atoms with Crippen molar-refractivity contribution in [2.75, 3.05) is 11.1 Å². The first-order chi connectivity index (χ1) is 8.97. The fourth-order valence-corrected chi connectivity index (χ4v) is 1.87. The third kappa shape index (κ3) is 2.91. The Balaban J connectivity index is 2.25. The van der Waals surface area contributed by atoms with Gasteiger partial charge < -0.3 is 11.1 Å². The highest BCUT2D eigenvalue weighted by atomic mass is 19.1. The van der Waals surface area contributed by atoms with Crippen molar-refractivity contribution in [3.63, 3.8) is 0 Å². The Morgan fingerprint density at radius 2 is 1.89 bits per heavy atom. The molecule has 19 heavy (non-hydrogen) atoms. The van der Waals surface area contributed by atoms with E-state index in [1.807, 2.05) is 13.0 Å². The first kappa shape index (κ1) is 13.1. The predicted octanol–water partition coefficient (Wildman–Crippen LogP) is 3.28. The van der Waals surface area contributed by atoms with E-state index in [2.05, 4.69) is 5.32 Å². The molecule has 0 atom stereocenters. The van der Waals surface area contributed by atoms with Crippen LogP contribution in [-0.4, -0.2) is 5.91 Å². The van der Waals surface area contributed by atoms with Crippen molar-refractivity contribution < 1.29 is 9.18 Å². The highest BCUT2D eigenvalue weighted by Crippen LogP contribution is 2.21. The van der Waals surface area contributed by atoms with Crippen molar-refractivity contribution in [3.05, 3.63) is 58.9 Å². The van der Waals surface area contributed by atoms with Crippen LogP contribution in [0.2, 0.25) is 0 Å². The lowest BCUT2D eigenvalue weighted by atomic mass is 10.1. The van der Waals surface area contributed by atoms with E-state index in [-0.39, 0.29) is 11.7 Å². The smallest absolute Gasteiger partial charge is 0.255 e. The van der Waals surface area contributed by atoms with Gasteiger partial charge in [-0.1, -0.05) is 6.07 Å². The monoisotopic (exact) mass is 258 g/mol. The number of halogens is 1. The van der Waals surface area contributed by atoms with Gasteiger partial charge in [-0.25, -0.2) is 4.39 Å². The van der Waals surface area contributed by atoms with E-state index >= 15 is 0 Å². The second-order valence-corrected chi connectivity index (χ2v) is 4.50. The Bertz CT molecular complexity index is 638. The van der Waals surface area contributed by atoms with Gasteiger partial charge in [-0.2, -0.15) is 0 Å². The van der Waals surface area contributed by atoms with Crippen molar-refractivity contribution in [2.45, 2.75) is 13.8 Å². The molecule has 2 aromatic rings. The normalized spacial score (nSPS) is 10.3. The molecule has 0 radical (unpaired) electrons. The molecule has 1 amide bonds. The number of aryl methyl sites for hydroxylation is 2. The Kier molecular flexibility index (Phi) is 3.51. The zero-order valence-corrected chi connectivity index (χ0v) is 10.8. The molecule has 2 rings (SSSR count). The number of benzene rings is 2. The summed E-state index contributed by atoms with van der Waals surface area (Å²) in [6.45, 7) is 3.61. The molecule has 0 saturated heterocycles. The lowest BCUT2D eigenvalue weighted by Crippen LogP contribution is -2.14. The van der Waals surface area contributed by atoms with Gasteiger partial charge >= 0.3 is 0 Å². The molecule has 0 fully saturated rings. The minimum absolute atomic E-state index is 0.298. The SMILES string of the molecule is Cc1ccc(NC(=O)c2ccc(F)cc2C)c(N)c1. The van der Waals surface area contributed by atoms with Gasteiger partial charge in [0.05, 0.1) is 11.4 Å². The van der Waals surface area contributed by atoms with Crippen LogP contribution >= 0.6 is 0 Å². The fraction of sp³-hybridized carbons (Fsp3) is 0.133. The lowest BCUT2D eigenvalue weighted by Gasteiger charge is -2.10. The van der Waals surface area contributed by atoms with Gasteiger partial charge in [0.2, 0.25) is 0 Å². The summed E-state index contributed by atoms with van der Waals surface area (Å²) < 4.78 is 13.0. The van der Waals surface area contributed by atoms with Crippen LogP contribution in [0.5, 0.6) is 0 Å². The number of amides is 1. The largest absolute Gasteiger partial charge is 0.397 e. The number of carbonyl (C=O) groups excluding carboxylic acids is 1. The lowest BCUT2D eigenvalue weighted by molar-refractivity contribution is 0.102. The maximum Gasteiger partial charge on any atom is 0.255 e. The molecule has 3 nitrogen and oxygen atoms in total.